The molecule has 3 heteroatoms. The third kappa shape index (κ3) is 1.47. The molecule has 1 aliphatic heterocycles. The van der Waals surface area contributed by atoms with Crippen LogP contribution in [0.3, 0.4) is 0 Å². The minimum atomic E-state index is -0.443. The Kier molecular flexibility index (Phi) is 2.56. The minimum Gasteiger partial charge on any atom is -0.348 e. The van der Waals surface area contributed by atoms with Crippen LogP contribution in [0.1, 0.15) is 44.9 Å². The summed E-state index contributed by atoms with van der Waals surface area (Å²) in [6, 6.07) is 0. The molecule has 5 fully saturated rings. The molecule has 1 heterocycles. The second-order valence-corrected chi connectivity index (χ2v) is 7.21. The number of rotatable bonds is 2. The summed E-state index contributed by atoms with van der Waals surface area (Å²) < 4.78 is 12.3. The molecule has 0 aromatic carbocycles. The van der Waals surface area contributed by atoms with E-state index in [1.165, 1.54) is 38.5 Å². The smallest absolute Gasteiger partial charge is 0.186 e. The van der Waals surface area contributed by atoms with Gasteiger partial charge in [0.25, 0.3) is 0 Å². The van der Waals surface area contributed by atoms with Gasteiger partial charge in [-0.3, -0.25) is 0 Å². The van der Waals surface area contributed by atoms with Gasteiger partial charge in [-0.1, -0.05) is 0 Å². The van der Waals surface area contributed by atoms with Crippen LogP contribution >= 0.6 is 0 Å². The molecule has 5 rings (SSSR count). The molecule has 0 radical (unpaired) electrons. The molecular formula is C15H25NO2. The van der Waals surface area contributed by atoms with Gasteiger partial charge in [0.05, 0.1) is 13.2 Å². The summed E-state index contributed by atoms with van der Waals surface area (Å²) in [5, 5.41) is 0. The Morgan fingerprint density at radius 1 is 0.889 bits per heavy atom. The van der Waals surface area contributed by atoms with Gasteiger partial charge in [0.2, 0.25) is 0 Å². The molecule has 1 saturated heterocycles. The van der Waals surface area contributed by atoms with Crippen LogP contribution in [-0.4, -0.2) is 25.5 Å². The first-order valence-corrected chi connectivity index (χ1v) is 7.73. The fourth-order valence-electron chi connectivity index (χ4n) is 5.79. The van der Waals surface area contributed by atoms with Crippen LogP contribution in [0.15, 0.2) is 0 Å². The predicted molar refractivity (Wildman–Crippen MR) is 68.9 cm³/mol. The molecular weight excluding hydrogens is 226 g/mol. The SMILES string of the molecule is NCC1(C23CC4CC(CC(C4)C2)C3)OCCCO1. The summed E-state index contributed by atoms with van der Waals surface area (Å²) in [6.45, 7) is 2.21. The second-order valence-electron chi connectivity index (χ2n) is 7.21. The summed E-state index contributed by atoms with van der Waals surface area (Å²) in [6.07, 6.45) is 9.30. The Labute approximate surface area is 109 Å². The predicted octanol–water partition coefficient (Wildman–Crippen LogP) is 2.29. The van der Waals surface area contributed by atoms with E-state index in [-0.39, 0.29) is 5.41 Å². The Morgan fingerprint density at radius 3 is 1.83 bits per heavy atom. The molecule has 5 aliphatic rings. The lowest BCUT2D eigenvalue weighted by atomic mass is 9.47. The Balaban J connectivity index is 1.69. The first-order chi connectivity index (χ1) is 8.75. The van der Waals surface area contributed by atoms with Gasteiger partial charge in [-0.05, 0) is 62.7 Å². The zero-order chi connectivity index (χ0) is 12.2. The summed E-state index contributed by atoms with van der Waals surface area (Å²) in [5.41, 5.74) is 6.36. The Morgan fingerprint density at radius 2 is 1.39 bits per heavy atom. The van der Waals surface area contributed by atoms with Gasteiger partial charge in [-0.15, -0.1) is 0 Å². The molecule has 18 heavy (non-hydrogen) atoms. The van der Waals surface area contributed by atoms with Crippen LogP contribution in [0.2, 0.25) is 0 Å². The molecule has 0 atom stereocenters. The van der Waals surface area contributed by atoms with E-state index >= 15 is 0 Å². The highest BCUT2D eigenvalue weighted by Crippen LogP contribution is 2.64. The van der Waals surface area contributed by atoms with Crippen molar-refractivity contribution in [2.24, 2.45) is 28.9 Å². The maximum Gasteiger partial charge on any atom is 0.186 e. The third-order valence-electron chi connectivity index (χ3n) is 6.07. The highest BCUT2D eigenvalue weighted by atomic mass is 16.7. The molecule has 0 amide bonds. The van der Waals surface area contributed by atoms with Crippen LogP contribution < -0.4 is 5.73 Å². The van der Waals surface area contributed by atoms with E-state index in [0.717, 1.165) is 37.4 Å². The molecule has 0 unspecified atom stereocenters. The zero-order valence-corrected chi connectivity index (χ0v) is 11.2. The van der Waals surface area contributed by atoms with Gasteiger partial charge in [-0.2, -0.15) is 0 Å². The quantitative estimate of drug-likeness (QED) is 0.819. The average molecular weight is 251 g/mol. The van der Waals surface area contributed by atoms with E-state index in [4.69, 9.17) is 15.2 Å². The zero-order valence-electron chi connectivity index (χ0n) is 11.2. The van der Waals surface area contributed by atoms with E-state index in [1.807, 2.05) is 0 Å². The highest BCUT2D eigenvalue weighted by molar-refractivity contribution is 5.08. The van der Waals surface area contributed by atoms with Crippen molar-refractivity contribution in [1.82, 2.24) is 0 Å². The molecule has 4 bridgehead atoms. The van der Waals surface area contributed by atoms with E-state index in [2.05, 4.69) is 0 Å². The lowest BCUT2D eigenvalue weighted by Gasteiger charge is -2.63. The molecule has 0 aromatic heterocycles. The fraction of sp³-hybridized carbons (Fsp3) is 1.00. The van der Waals surface area contributed by atoms with Crippen molar-refractivity contribution < 1.29 is 9.47 Å². The Hall–Kier alpha value is -0.120. The van der Waals surface area contributed by atoms with Crippen LogP contribution in [0.4, 0.5) is 0 Å². The van der Waals surface area contributed by atoms with Crippen LogP contribution in [0.25, 0.3) is 0 Å². The maximum atomic E-state index is 6.15. The molecule has 2 N–H and O–H groups in total. The summed E-state index contributed by atoms with van der Waals surface area (Å²) in [5.74, 6) is 2.33. The van der Waals surface area contributed by atoms with Crippen LogP contribution in [-0.2, 0) is 9.47 Å². The molecule has 4 saturated carbocycles. The van der Waals surface area contributed by atoms with Gasteiger partial charge in [0, 0.05) is 12.0 Å². The number of hydrogen-bond acceptors (Lipinski definition) is 3. The van der Waals surface area contributed by atoms with Gasteiger partial charge >= 0.3 is 0 Å². The van der Waals surface area contributed by atoms with E-state index in [9.17, 15) is 0 Å². The van der Waals surface area contributed by atoms with Gasteiger partial charge < -0.3 is 15.2 Å². The minimum absolute atomic E-state index is 0.247. The van der Waals surface area contributed by atoms with E-state index < -0.39 is 5.79 Å². The first-order valence-electron chi connectivity index (χ1n) is 7.73. The highest BCUT2D eigenvalue weighted by Gasteiger charge is 2.62. The van der Waals surface area contributed by atoms with E-state index in [1.54, 1.807) is 0 Å². The van der Waals surface area contributed by atoms with E-state index in [0.29, 0.717) is 6.54 Å². The summed E-state index contributed by atoms with van der Waals surface area (Å²) in [7, 11) is 0. The van der Waals surface area contributed by atoms with Crippen molar-refractivity contribution >= 4 is 0 Å². The number of hydrogen-bond donors (Lipinski definition) is 1. The fourth-order valence-corrected chi connectivity index (χ4v) is 5.79. The largest absolute Gasteiger partial charge is 0.348 e. The van der Waals surface area contributed by atoms with Crippen molar-refractivity contribution in [3.8, 4) is 0 Å². The lowest BCUT2D eigenvalue weighted by Crippen LogP contribution is -2.64. The second kappa shape index (κ2) is 3.94. The number of nitrogens with two attached hydrogens (primary N) is 1. The lowest BCUT2D eigenvalue weighted by molar-refractivity contribution is -0.344. The molecule has 102 valence electrons. The maximum absolute atomic E-state index is 6.15. The first kappa shape index (κ1) is 11.7. The standard InChI is InChI=1S/C15H25NO2/c16-10-15(17-2-1-3-18-15)14-7-11-4-12(8-14)6-13(5-11)9-14/h11-13H,1-10,16H2. The van der Waals surface area contributed by atoms with Gasteiger partial charge in [0.1, 0.15) is 0 Å². The monoisotopic (exact) mass is 251 g/mol. The normalized spacial score (nSPS) is 49.5. The topological polar surface area (TPSA) is 44.5 Å². The van der Waals surface area contributed by atoms with Gasteiger partial charge in [-0.25, -0.2) is 0 Å². The third-order valence-corrected chi connectivity index (χ3v) is 6.07. The Bertz CT molecular complexity index is 300. The molecule has 0 spiro atoms. The average Bonchev–Trinajstić information content (AvgIpc) is 2.38. The van der Waals surface area contributed by atoms with Crippen molar-refractivity contribution in [2.45, 2.75) is 50.7 Å². The van der Waals surface area contributed by atoms with Crippen molar-refractivity contribution in [3.05, 3.63) is 0 Å². The molecule has 3 nitrogen and oxygen atoms in total. The van der Waals surface area contributed by atoms with Crippen molar-refractivity contribution in [2.75, 3.05) is 19.8 Å². The molecule has 4 aliphatic carbocycles. The van der Waals surface area contributed by atoms with Gasteiger partial charge in [0.15, 0.2) is 5.79 Å². The summed E-state index contributed by atoms with van der Waals surface area (Å²) in [4.78, 5) is 0. The van der Waals surface area contributed by atoms with Crippen LogP contribution in [0, 0.1) is 23.2 Å². The van der Waals surface area contributed by atoms with Crippen molar-refractivity contribution in [3.63, 3.8) is 0 Å². The van der Waals surface area contributed by atoms with Crippen LogP contribution in [0.5, 0.6) is 0 Å². The summed E-state index contributed by atoms with van der Waals surface area (Å²) >= 11 is 0. The van der Waals surface area contributed by atoms with Crippen molar-refractivity contribution in [1.29, 1.82) is 0 Å². The molecule has 0 aromatic rings. The number of ether oxygens (including phenoxy) is 2.